The fourth-order valence-electron chi connectivity index (χ4n) is 3.77. The standard InChI is InChI=1S/C23H14FN7O/c24-15-6-13(7-16(32)9-15)17-3-5-26-22-19(17)28-23(29-22)20-18-8-14(11-27-21(18)31-30-20)12-2-1-4-25-10-12/h1-11,32H,(H,26,28,29)(H,27,30,31). The Balaban J connectivity index is 1.52. The average Bonchev–Trinajstić information content (AvgIpc) is 3.42. The molecule has 5 aromatic heterocycles. The van der Waals surface area contributed by atoms with Gasteiger partial charge in [0.2, 0.25) is 0 Å². The minimum Gasteiger partial charge on any atom is -0.508 e. The van der Waals surface area contributed by atoms with Crippen LogP contribution in [0.5, 0.6) is 5.75 Å². The lowest BCUT2D eigenvalue weighted by atomic mass is 10.1. The first kappa shape index (κ1) is 18.1. The molecule has 0 unspecified atom stereocenters. The Kier molecular flexibility index (Phi) is 3.94. The number of phenolic OH excluding ortho intramolecular Hbond substituents is 1. The zero-order valence-corrected chi connectivity index (χ0v) is 16.4. The van der Waals surface area contributed by atoms with Gasteiger partial charge in [0.15, 0.2) is 17.1 Å². The second-order valence-corrected chi connectivity index (χ2v) is 7.28. The number of benzene rings is 1. The molecule has 0 amide bonds. The third kappa shape index (κ3) is 2.95. The molecule has 0 radical (unpaired) electrons. The molecule has 0 bridgehead atoms. The number of fused-ring (bicyclic) bond motifs is 2. The number of aromatic hydroxyl groups is 1. The number of aromatic nitrogens is 7. The fourth-order valence-corrected chi connectivity index (χ4v) is 3.77. The van der Waals surface area contributed by atoms with E-state index in [2.05, 4.69) is 35.1 Å². The number of H-pyrrole nitrogens is 2. The molecule has 6 aromatic rings. The monoisotopic (exact) mass is 423 g/mol. The Bertz CT molecular complexity index is 1590. The maximum absolute atomic E-state index is 13.9. The second kappa shape index (κ2) is 6.95. The van der Waals surface area contributed by atoms with Crippen molar-refractivity contribution in [2.24, 2.45) is 0 Å². The van der Waals surface area contributed by atoms with Gasteiger partial charge in [-0.2, -0.15) is 5.10 Å². The van der Waals surface area contributed by atoms with Crippen molar-refractivity contribution in [3.05, 3.63) is 73.1 Å². The molecule has 6 rings (SSSR count). The molecule has 9 heteroatoms. The molecule has 0 aliphatic carbocycles. The topological polar surface area (TPSA) is 116 Å². The summed E-state index contributed by atoms with van der Waals surface area (Å²) in [6.07, 6.45) is 6.83. The predicted octanol–water partition coefficient (Wildman–Crippen LogP) is 4.47. The Morgan fingerprint density at radius 3 is 2.66 bits per heavy atom. The lowest BCUT2D eigenvalue weighted by Crippen LogP contribution is -1.85. The number of nitrogens with zero attached hydrogens (tertiary/aromatic N) is 5. The number of hydrogen-bond donors (Lipinski definition) is 3. The van der Waals surface area contributed by atoms with Gasteiger partial charge in [0.25, 0.3) is 0 Å². The summed E-state index contributed by atoms with van der Waals surface area (Å²) in [5.41, 5.74) is 5.31. The van der Waals surface area contributed by atoms with Crippen molar-refractivity contribution in [1.82, 2.24) is 35.1 Å². The van der Waals surface area contributed by atoms with Crippen LogP contribution in [0.2, 0.25) is 0 Å². The molecule has 0 spiro atoms. The Hall–Kier alpha value is -4.66. The Labute approximate surface area is 179 Å². The first-order valence-corrected chi connectivity index (χ1v) is 9.75. The number of rotatable bonds is 3. The number of imidazole rings is 1. The van der Waals surface area contributed by atoms with Crippen LogP contribution >= 0.6 is 0 Å². The summed E-state index contributed by atoms with van der Waals surface area (Å²) >= 11 is 0. The molecule has 1 aromatic carbocycles. The quantitative estimate of drug-likeness (QED) is 0.387. The lowest BCUT2D eigenvalue weighted by molar-refractivity contribution is 0.469. The summed E-state index contributed by atoms with van der Waals surface area (Å²) < 4.78 is 13.9. The van der Waals surface area contributed by atoms with Gasteiger partial charge in [-0.05, 0) is 35.9 Å². The van der Waals surface area contributed by atoms with Crippen LogP contribution in [-0.4, -0.2) is 40.2 Å². The maximum Gasteiger partial charge on any atom is 0.181 e. The van der Waals surface area contributed by atoms with Gasteiger partial charge in [-0.25, -0.2) is 19.3 Å². The highest BCUT2D eigenvalue weighted by molar-refractivity contribution is 5.96. The molecule has 0 aliphatic heterocycles. The first-order valence-electron chi connectivity index (χ1n) is 9.75. The van der Waals surface area contributed by atoms with Gasteiger partial charge in [0.1, 0.15) is 17.3 Å². The number of hydrogen-bond acceptors (Lipinski definition) is 6. The summed E-state index contributed by atoms with van der Waals surface area (Å²) in [7, 11) is 0. The highest BCUT2D eigenvalue weighted by Gasteiger charge is 2.17. The summed E-state index contributed by atoms with van der Waals surface area (Å²) in [5, 5.41) is 17.9. The van der Waals surface area contributed by atoms with Crippen LogP contribution in [0.3, 0.4) is 0 Å². The van der Waals surface area contributed by atoms with Gasteiger partial charge in [-0.3, -0.25) is 10.1 Å². The van der Waals surface area contributed by atoms with Crippen molar-refractivity contribution in [2.45, 2.75) is 0 Å². The smallest absolute Gasteiger partial charge is 0.181 e. The zero-order chi connectivity index (χ0) is 21.7. The number of phenols is 1. The van der Waals surface area contributed by atoms with Crippen molar-refractivity contribution >= 4 is 22.2 Å². The first-order chi connectivity index (χ1) is 15.7. The van der Waals surface area contributed by atoms with E-state index in [1.807, 2.05) is 18.2 Å². The van der Waals surface area contributed by atoms with Gasteiger partial charge >= 0.3 is 0 Å². The molecular weight excluding hydrogens is 409 g/mol. The molecule has 8 nitrogen and oxygen atoms in total. The Morgan fingerprint density at radius 1 is 0.875 bits per heavy atom. The third-order valence-electron chi connectivity index (χ3n) is 5.23. The van der Waals surface area contributed by atoms with Crippen LogP contribution in [0.15, 0.2) is 67.3 Å². The molecule has 3 N–H and O–H groups in total. The Morgan fingerprint density at radius 2 is 1.81 bits per heavy atom. The van der Waals surface area contributed by atoms with Crippen molar-refractivity contribution in [3.63, 3.8) is 0 Å². The van der Waals surface area contributed by atoms with E-state index in [1.54, 1.807) is 30.9 Å². The lowest BCUT2D eigenvalue weighted by Gasteiger charge is -2.04. The minimum atomic E-state index is -0.529. The normalized spacial score (nSPS) is 11.4. The summed E-state index contributed by atoms with van der Waals surface area (Å²) in [4.78, 5) is 20.8. The van der Waals surface area contributed by atoms with Crippen LogP contribution in [0.4, 0.5) is 4.39 Å². The molecule has 0 aliphatic rings. The average molecular weight is 423 g/mol. The number of nitrogens with one attached hydrogen (secondary N) is 2. The van der Waals surface area contributed by atoms with E-state index in [9.17, 15) is 9.50 Å². The molecule has 0 atom stereocenters. The van der Waals surface area contributed by atoms with Crippen molar-refractivity contribution in [1.29, 1.82) is 0 Å². The van der Waals surface area contributed by atoms with E-state index >= 15 is 0 Å². The van der Waals surface area contributed by atoms with Gasteiger partial charge in [0.05, 0.1) is 10.9 Å². The van der Waals surface area contributed by atoms with Crippen molar-refractivity contribution < 1.29 is 9.50 Å². The summed E-state index contributed by atoms with van der Waals surface area (Å²) in [5.74, 6) is -0.162. The minimum absolute atomic E-state index is 0.154. The van der Waals surface area contributed by atoms with Gasteiger partial charge < -0.3 is 10.1 Å². The fraction of sp³-hybridized carbons (Fsp3) is 0. The highest BCUT2D eigenvalue weighted by Crippen LogP contribution is 2.33. The third-order valence-corrected chi connectivity index (χ3v) is 5.23. The van der Waals surface area contributed by atoms with E-state index in [1.165, 1.54) is 12.1 Å². The summed E-state index contributed by atoms with van der Waals surface area (Å²) in [6, 6.07) is 11.5. The molecule has 0 saturated heterocycles. The maximum atomic E-state index is 13.9. The second-order valence-electron chi connectivity index (χ2n) is 7.28. The van der Waals surface area contributed by atoms with E-state index in [4.69, 9.17) is 0 Å². The van der Waals surface area contributed by atoms with Crippen LogP contribution < -0.4 is 0 Å². The molecule has 154 valence electrons. The van der Waals surface area contributed by atoms with Crippen molar-refractivity contribution in [2.75, 3.05) is 0 Å². The largest absolute Gasteiger partial charge is 0.508 e. The van der Waals surface area contributed by atoms with Crippen molar-refractivity contribution in [3.8, 4) is 39.5 Å². The molecule has 32 heavy (non-hydrogen) atoms. The predicted molar refractivity (Wildman–Crippen MR) is 117 cm³/mol. The highest BCUT2D eigenvalue weighted by atomic mass is 19.1. The zero-order valence-electron chi connectivity index (χ0n) is 16.4. The van der Waals surface area contributed by atoms with E-state index in [-0.39, 0.29) is 5.75 Å². The van der Waals surface area contributed by atoms with E-state index < -0.39 is 5.82 Å². The molecule has 0 fully saturated rings. The molecular formula is C23H14FN7O. The summed E-state index contributed by atoms with van der Waals surface area (Å²) in [6.45, 7) is 0. The van der Waals surface area contributed by atoms with Gasteiger partial charge in [-0.1, -0.05) is 6.07 Å². The molecule has 5 heterocycles. The van der Waals surface area contributed by atoms with Gasteiger partial charge in [0, 0.05) is 47.5 Å². The van der Waals surface area contributed by atoms with Crippen LogP contribution in [-0.2, 0) is 0 Å². The number of pyridine rings is 3. The van der Waals surface area contributed by atoms with Crippen LogP contribution in [0, 0.1) is 5.82 Å². The van der Waals surface area contributed by atoms with E-state index in [0.717, 1.165) is 22.6 Å². The number of halogens is 1. The van der Waals surface area contributed by atoms with Crippen LogP contribution in [0.1, 0.15) is 0 Å². The number of aromatic amines is 2. The SMILES string of the molecule is Oc1cc(F)cc(-c2ccnc3nc(-c4[nH]nc5ncc(-c6cccnc6)cc45)[nH]c23)c1. The van der Waals surface area contributed by atoms with Crippen LogP contribution in [0.25, 0.3) is 56.0 Å². The molecule has 0 saturated carbocycles. The van der Waals surface area contributed by atoms with Gasteiger partial charge in [-0.15, -0.1) is 0 Å². The van der Waals surface area contributed by atoms with E-state index in [0.29, 0.717) is 39.5 Å².